The highest BCUT2D eigenvalue weighted by Crippen LogP contribution is 2.35. The number of aromatic nitrogens is 4. The number of ether oxygens (including phenoxy) is 1. The van der Waals surface area contributed by atoms with Crippen LogP contribution in [-0.4, -0.2) is 73.4 Å². The number of rotatable bonds is 3. The number of aryl methyl sites for hydroxylation is 1. The zero-order chi connectivity index (χ0) is 23.1. The van der Waals surface area contributed by atoms with Gasteiger partial charge in [0.15, 0.2) is 16.5 Å². The van der Waals surface area contributed by atoms with Gasteiger partial charge in [-0.25, -0.2) is 14.4 Å². The minimum Gasteiger partial charge on any atom is -0.378 e. The maximum absolute atomic E-state index is 13.5. The van der Waals surface area contributed by atoms with E-state index in [1.54, 1.807) is 9.80 Å². The Morgan fingerprint density at radius 2 is 1.79 bits per heavy atom. The molecule has 0 aliphatic carbocycles. The van der Waals surface area contributed by atoms with E-state index in [2.05, 4.69) is 9.36 Å². The molecule has 33 heavy (non-hydrogen) atoms. The largest absolute Gasteiger partial charge is 0.378 e. The lowest BCUT2D eigenvalue weighted by Crippen LogP contribution is -2.44. The number of hydrogen-bond acceptors (Lipinski definition) is 7. The lowest BCUT2D eigenvalue weighted by atomic mass is 10.1. The number of carbonyl (C=O) groups is 2. The van der Waals surface area contributed by atoms with E-state index in [-0.39, 0.29) is 11.8 Å². The van der Waals surface area contributed by atoms with Gasteiger partial charge in [0, 0.05) is 31.7 Å². The fourth-order valence-corrected chi connectivity index (χ4v) is 4.99. The van der Waals surface area contributed by atoms with Crippen LogP contribution in [0.25, 0.3) is 10.8 Å². The zero-order valence-electron chi connectivity index (χ0n) is 18.3. The maximum atomic E-state index is 13.5. The summed E-state index contributed by atoms with van der Waals surface area (Å²) in [7, 11) is 0. The number of nitrogens with zero attached hydrogens (tertiary/aromatic N) is 6. The van der Waals surface area contributed by atoms with Crippen molar-refractivity contribution >= 4 is 23.3 Å². The van der Waals surface area contributed by atoms with E-state index in [4.69, 9.17) is 9.72 Å². The van der Waals surface area contributed by atoms with Gasteiger partial charge in [0.2, 0.25) is 0 Å². The molecule has 2 aliphatic rings. The normalized spacial score (nSPS) is 18.3. The Kier molecular flexibility index (Phi) is 5.67. The van der Waals surface area contributed by atoms with Crippen LogP contribution in [0.4, 0.5) is 4.39 Å². The van der Waals surface area contributed by atoms with Crippen molar-refractivity contribution in [1.82, 2.24) is 28.7 Å². The molecule has 11 heteroatoms. The Bertz CT molecular complexity index is 1200. The molecule has 0 radical (unpaired) electrons. The Morgan fingerprint density at radius 3 is 2.45 bits per heavy atom. The lowest BCUT2D eigenvalue weighted by Gasteiger charge is -2.36. The number of amides is 2. The number of carbonyl (C=O) groups excluding carboxylic acids is 2. The van der Waals surface area contributed by atoms with Crippen LogP contribution < -0.4 is 0 Å². The van der Waals surface area contributed by atoms with Crippen molar-refractivity contribution < 1.29 is 18.7 Å². The van der Waals surface area contributed by atoms with Crippen molar-refractivity contribution in [3.05, 3.63) is 52.9 Å². The van der Waals surface area contributed by atoms with Gasteiger partial charge in [0.1, 0.15) is 11.6 Å². The quantitative estimate of drug-likeness (QED) is 0.584. The summed E-state index contributed by atoms with van der Waals surface area (Å²) in [5.74, 6) is 0.440. The van der Waals surface area contributed by atoms with Gasteiger partial charge in [-0.15, -0.1) is 0 Å². The van der Waals surface area contributed by atoms with Gasteiger partial charge in [-0.3, -0.25) is 9.59 Å². The van der Waals surface area contributed by atoms with Gasteiger partial charge in [-0.2, -0.15) is 4.37 Å². The number of morpholine rings is 1. The predicted octanol–water partition coefficient (Wildman–Crippen LogP) is 2.54. The van der Waals surface area contributed by atoms with E-state index in [0.717, 1.165) is 0 Å². The molecule has 1 fully saturated rings. The van der Waals surface area contributed by atoms with Crippen LogP contribution in [0.5, 0.6) is 0 Å². The number of fused-ring (bicyclic) bond motifs is 1. The molecule has 172 valence electrons. The smallest absolute Gasteiger partial charge is 0.274 e. The molecular formula is C22H23FN6O3S. The minimum atomic E-state index is -0.411. The number of halogens is 1. The van der Waals surface area contributed by atoms with E-state index in [1.165, 1.54) is 35.8 Å². The van der Waals surface area contributed by atoms with Crippen LogP contribution in [-0.2, 0) is 11.3 Å². The Balaban J connectivity index is 1.55. The van der Waals surface area contributed by atoms with Crippen molar-refractivity contribution in [3.8, 4) is 10.8 Å². The molecule has 1 aromatic carbocycles. The number of benzene rings is 1. The molecule has 1 saturated heterocycles. The third-order valence-corrected chi connectivity index (χ3v) is 6.81. The van der Waals surface area contributed by atoms with Crippen LogP contribution in [0.1, 0.15) is 45.3 Å². The van der Waals surface area contributed by atoms with Crippen molar-refractivity contribution in [2.45, 2.75) is 26.4 Å². The molecular weight excluding hydrogens is 447 g/mol. The van der Waals surface area contributed by atoms with E-state index in [9.17, 15) is 14.0 Å². The summed E-state index contributed by atoms with van der Waals surface area (Å²) in [4.78, 5) is 39.3. The number of hydrogen-bond donors (Lipinski definition) is 0. The van der Waals surface area contributed by atoms with Crippen molar-refractivity contribution in [2.24, 2.45) is 0 Å². The molecule has 4 heterocycles. The molecule has 2 aliphatic heterocycles. The van der Waals surface area contributed by atoms with Crippen LogP contribution in [0.3, 0.4) is 0 Å². The summed E-state index contributed by atoms with van der Waals surface area (Å²) in [5, 5.41) is 0.639. The standard InChI is InChI=1S/C22H23FN6O3S/c1-13-18-17(22(31)27-9-11-32-12-10-27)25-19(20-24-14(2)26-33-20)29(18)8-7-28(13)21(30)15-3-5-16(23)6-4-15/h3-6,13H,7-12H2,1-2H3. The average molecular weight is 471 g/mol. The monoisotopic (exact) mass is 470 g/mol. The SMILES string of the molecule is Cc1nsc(-c2nc(C(=O)N3CCOCC3)c3n2CCN(C(=O)c2ccc(F)cc2)C3C)n1. The van der Waals surface area contributed by atoms with Gasteiger partial charge in [0.05, 0.1) is 24.9 Å². The van der Waals surface area contributed by atoms with Crippen LogP contribution in [0, 0.1) is 12.7 Å². The van der Waals surface area contributed by atoms with Crippen LogP contribution in [0.2, 0.25) is 0 Å². The van der Waals surface area contributed by atoms with Crippen LogP contribution >= 0.6 is 11.5 Å². The molecule has 2 aromatic heterocycles. The molecule has 5 rings (SSSR count). The number of imidazole rings is 1. The van der Waals surface area contributed by atoms with Crippen molar-refractivity contribution in [2.75, 3.05) is 32.8 Å². The lowest BCUT2D eigenvalue weighted by molar-refractivity contribution is 0.0295. The fourth-order valence-electron chi connectivity index (χ4n) is 4.32. The maximum Gasteiger partial charge on any atom is 0.274 e. The molecule has 9 nitrogen and oxygen atoms in total. The van der Waals surface area contributed by atoms with Gasteiger partial charge in [0.25, 0.3) is 11.8 Å². The third-order valence-electron chi connectivity index (χ3n) is 6.01. The van der Waals surface area contributed by atoms with E-state index in [1.807, 2.05) is 18.4 Å². The summed E-state index contributed by atoms with van der Waals surface area (Å²) in [6.45, 7) is 6.53. The second-order valence-electron chi connectivity index (χ2n) is 8.05. The van der Waals surface area contributed by atoms with Gasteiger partial charge in [-0.05, 0) is 49.6 Å². The molecule has 3 aromatic rings. The highest BCUT2D eigenvalue weighted by atomic mass is 32.1. The first kappa shape index (κ1) is 21.7. The fraction of sp³-hybridized carbons (Fsp3) is 0.409. The second-order valence-corrected chi connectivity index (χ2v) is 8.81. The summed E-state index contributed by atoms with van der Waals surface area (Å²) in [6, 6.07) is 5.09. The molecule has 2 amide bonds. The molecule has 0 N–H and O–H groups in total. The van der Waals surface area contributed by atoms with Crippen molar-refractivity contribution in [3.63, 3.8) is 0 Å². The van der Waals surface area contributed by atoms with Gasteiger partial charge < -0.3 is 19.1 Å². The van der Waals surface area contributed by atoms with E-state index < -0.39 is 11.9 Å². The summed E-state index contributed by atoms with van der Waals surface area (Å²) in [6.07, 6.45) is 0. The van der Waals surface area contributed by atoms with Crippen molar-refractivity contribution in [1.29, 1.82) is 0 Å². The summed E-state index contributed by atoms with van der Waals surface area (Å²) >= 11 is 1.24. The molecule has 0 bridgehead atoms. The molecule has 0 spiro atoms. The first-order valence-corrected chi connectivity index (χ1v) is 11.6. The zero-order valence-corrected chi connectivity index (χ0v) is 19.1. The van der Waals surface area contributed by atoms with E-state index >= 15 is 0 Å². The molecule has 1 atom stereocenters. The highest BCUT2D eigenvalue weighted by Gasteiger charge is 2.37. The predicted molar refractivity (Wildman–Crippen MR) is 118 cm³/mol. The Hall–Kier alpha value is -3.18. The Labute approximate surface area is 194 Å². The van der Waals surface area contributed by atoms with Gasteiger partial charge in [-0.1, -0.05) is 0 Å². The van der Waals surface area contributed by atoms with Gasteiger partial charge >= 0.3 is 0 Å². The third kappa shape index (κ3) is 3.91. The first-order valence-electron chi connectivity index (χ1n) is 10.8. The van der Waals surface area contributed by atoms with E-state index in [0.29, 0.717) is 73.0 Å². The first-order chi connectivity index (χ1) is 15.9. The van der Waals surface area contributed by atoms with Crippen LogP contribution in [0.15, 0.2) is 24.3 Å². The minimum absolute atomic E-state index is 0.183. The Morgan fingerprint density at radius 1 is 1.06 bits per heavy atom. The summed E-state index contributed by atoms with van der Waals surface area (Å²) in [5.41, 5.74) is 1.40. The molecule has 0 saturated carbocycles. The highest BCUT2D eigenvalue weighted by molar-refractivity contribution is 7.09. The topological polar surface area (TPSA) is 93.5 Å². The average Bonchev–Trinajstić information content (AvgIpc) is 3.43. The molecule has 1 unspecified atom stereocenters. The summed E-state index contributed by atoms with van der Waals surface area (Å²) < 4.78 is 25.0. The second kappa shape index (κ2) is 8.64.